The molecule has 8 heteroatoms. The summed E-state index contributed by atoms with van der Waals surface area (Å²) in [5.74, 6) is -0.109. The van der Waals surface area contributed by atoms with Crippen molar-refractivity contribution >= 4 is 17.0 Å². The van der Waals surface area contributed by atoms with E-state index in [1.807, 2.05) is 0 Å². The SMILES string of the molecule is CN(CCO)C(=O)c1ccc2oc(-c3ccc(C(F)(F)F)cc3)nc2c1. The van der Waals surface area contributed by atoms with E-state index in [9.17, 15) is 18.0 Å². The minimum absolute atomic E-state index is 0.146. The number of rotatable bonds is 4. The van der Waals surface area contributed by atoms with E-state index in [2.05, 4.69) is 4.98 Å². The molecule has 0 spiro atoms. The number of carbonyl (C=O) groups is 1. The van der Waals surface area contributed by atoms with Crippen molar-refractivity contribution in [3.8, 4) is 11.5 Å². The molecule has 26 heavy (non-hydrogen) atoms. The number of oxazole rings is 1. The summed E-state index contributed by atoms with van der Waals surface area (Å²) in [6.45, 7) is 0.0546. The highest BCUT2D eigenvalue weighted by Crippen LogP contribution is 2.31. The molecule has 0 atom stereocenters. The van der Waals surface area contributed by atoms with Gasteiger partial charge in [0.15, 0.2) is 5.58 Å². The lowest BCUT2D eigenvalue weighted by atomic mass is 10.1. The molecular weight excluding hydrogens is 349 g/mol. The van der Waals surface area contributed by atoms with Crippen LogP contribution in [0.15, 0.2) is 46.9 Å². The highest BCUT2D eigenvalue weighted by atomic mass is 19.4. The largest absolute Gasteiger partial charge is 0.436 e. The highest BCUT2D eigenvalue weighted by molar-refractivity contribution is 5.97. The second-order valence-corrected chi connectivity index (χ2v) is 5.73. The average molecular weight is 364 g/mol. The minimum Gasteiger partial charge on any atom is -0.436 e. The lowest BCUT2D eigenvalue weighted by Gasteiger charge is -2.15. The monoisotopic (exact) mass is 364 g/mol. The first kappa shape index (κ1) is 17.9. The minimum atomic E-state index is -4.41. The molecule has 3 rings (SSSR count). The smallest absolute Gasteiger partial charge is 0.416 e. The van der Waals surface area contributed by atoms with E-state index in [0.29, 0.717) is 22.2 Å². The topological polar surface area (TPSA) is 66.6 Å². The van der Waals surface area contributed by atoms with Crippen molar-refractivity contribution in [2.45, 2.75) is 6.18 Å². The van der Waals surface area contributed by atoms with Gasteiger partial charge in [-0.15, -0.1) is 0 Å². The fraction of sp³-hybridized carbons (Fsp3) is 0.222. The molecule has 0 aliphatic rings. The maximum atomic E-state index is 12.6. The summed E-state index contributed by atoms with van der Waals surface area (Å²) in [5, 5.41) is 8.91. The maximum absolute atomic E-state index is 12.6. The number of hydrogen-bond donors (Lipinski definition) is 1. The third kappa shape index (κ3) is 3.55. The number of nitrogens with zero attached hydrogens (tertiary/aromatic N) is 2. The van der Waals surface area contributed by atoms with Crippen LogP contribution in [0.5, 0.6) is 0 Å². The molecule has 5 nitrogen and oxygen atoms in total. The molecule has 2 aromatic carbocycles. The summed E-state index contributed by atoms with van der Waals surface area (Å²) in [7, 11) is 1.57. The van der Waals surface area contributed by atoms with Gasteiger partial charge in [-0.1, -0.05) is 0 Å². The van der Waals surface area contributed by atoms with Crippen LogP contribution in [-0.2, 0) is 6.18 Å². The molecule has 0 fully saturated rings. The number of amides is 1. The van der Waals surface area contributed by atoms with Gasteiger partial charge >= 0.3 is 6.18 Å². The van der Waals surface area contributed by atoms with Crippen LogP contribution in [0.4, 0.5) is 13.2 Å². The zero-order valence-corrected chi connectivity index (χ0v) is 13.7. The van der Waals surface area contributed by atoms with Gasteiger partial charge in [0.05, 0.1) is 12.2 Å². The number of carbonyl (C=O) groups excluding carboxylic acids is 1. The molecule has 1 N–H and O–H groups in total. The first-order chi connectivity index (χ1) is 12.3. The van der Waals surface area contributed by atoms with E-state index in [1.54, 1.807) is 25.2 Å². The predicted molar refractivity (Wildman–Crippen MR) is 88.5 cm³/mol. The van der Waals surface area contributed by atoms with Crippen LogP contribution < -0.4 is 0 Å². The van der Waals surface area contributed by atoms with E-state index in [-0.39, 0.29) is 24.9 Å². The summed E-state index contributed by atoms with van der Waals surface area (Å²) in [6, 6.07) is 9.19. The van der Waals surface area contributed by atoms with Crippen molar-refractivity contribution in [1.82, 2.24) is 9.88 Å². The number of benzene rings is 2. The van der Waals surface area contributed by atoms with Gasteiger partial charge in [-0.05, 0) is 42.5 Å². The Labute approximate surface area is 146 Å². The third-order valence-electron chi connectivity index (χ3n) is 3.88. The highest BCUT2D eigenvalue weighted by Gasteiger charge is 2.30. The zero-order valence-electron chi connectivity index (χ0n) is 13.7. The van der Waals surface area contributed by atoms with Gasteiger partial charge in [0.25, 0.3) is 5.91 Å². The van der Waals surface area contributed by atoms with Gasteiger partial charge in [-0.3, -0.25) is 4.79 Å². The van der Waals surface area contributed by atoms with Gasteiger partial charge in [-0.25, -0.2) is 4.98 Å². The van der Waals surface area contributed by atoms with Crippen LogP contribution in [0.25, 0.3) is 22.6 Å². The maximum Gasteiger partial charge on any atom is 0.416 e. The molecule has 0 aliphatic heterocycles. The summed E-state index contributed by atoms with van der Waals surface area (Å²) >= 11 is 0. The molecule has 3 aromatic rings. The first-order valence-corrected chi connectivity index (χ1v) is 7.74. The lowest BCUT2D eigenvalue weighted by molar-refractivity contribution is -0.137. The zero-order chi connectivity index (χ0) is 18.9. The Hall–Kier alpha value is -2.87. The number of likely N-dealkylation sites (N-methyl/N-ethyl adjacent to an activating group) is 1. The summed E-state index contributed by atoms with van der Waals surface area (Å²) in [5.41, 5.74) is 0.863. The fourth-order valence-corrected chi connectivity index (χ4v) is 2.46. The molecule has 0 aliphatic carbocycles. The number of fused-ring (bicyclic) bond motifs is 1. The van der Waals surface area contributed by atoms with Gasteiger partial charge in [-0.2, -0.15) is 13.2 Å². The van der Waals surface area contributed by atoms with Crippen molar-refractivity contribution in [2.24, 2.45) is 0 Å². The second-order valence-electron chi connectivity index (χ2n) is 5.73. The summed E-state index contributed by atoms with van der Waals surface area (Å²) in [6.07, 6.45) is -4.41. The number of hydrogen-bond acceptors (Lipinski definition) is 4. The molecule has 1 aromatic heterocycles. The van der Waals surface area contributed by atoms with Crippen LogP contribution in [0.2, 0.25) is 0 Å². The second kappa shape index (κ2) is 6.80. The van der Waals surface area contributed by atoms with E-state index in [4.69, 9.17) is 9.52 Å². The number of aromatic nitrogens is 1. The van der Waals surface area contributed by atoms with Crippen molar-refractivity contribution in [3.63, 3.8) is 0 Å². The fourth-order valence-electron chi connectivity index (χ4n) is 2.46. The Kier molecular flexibility index (Phi) is 4.69. The molecule has 0 saturated carbocycles. The van der Waals surface area contributed by atoms with Crippen molar-refractivity contribution in [1.29, 1.82) is 0 Å². The third-order valence-corrected chi connectivity index (χ3v) is 3.88. The quantitative estimate of drug-likeness (QED) is 0.769. The molecule has 1 heterocycles. The van der Waals surface area contributed by atoms with Crippen molar-refractivity contribution < 1.29 is 27.5 Å². The van der Waals surface area contributed by atoms with Crippen LogP contribution >= 0.6 is 0 Å². The number of halogens is 3. The number of alkyl halides is 3. The Morgan fingerprint density at radius 3 is 2.50 bits per heavy atom. The summed E-state index contributed by atoms with van der Waals surface area (Å²) < 4.78 is 43.5. The van der Waals surface area contributed by atoms with Crippen LogP contribution in [0.1, 0.15) is 15.9 Å². The van der Waals surface area contributed by atoms with E-state index >= 15 is 0 Å². The Bertz CT molecular complexity index is 933. The van der Waals surface area contributed by atoms with Gasteiger partial charge in [0.2, 0.25) is 5.89 Å². The Morgan fingerprint density at radius 2 is 1.88 bits per heavy atom. The van der Waals surface area contributed by atoms with Crippen molar-refractivity contribution in [2.75, 3.05) is 20.2 Å². The normalized spacial score (nSPS) is 11.7. The average Bonchev–Trinajstić information content (AvgIpc) is 3.04. The molecule has 0 bridgehead atoms. The van der Waals surface area contributed by atoms with E-state index in [1.165, 1.54) is 17.0 Å². The van der Waals surface area contributed by atoms with Gasteiger partial charge < -0.3 is 14.4 Å². The van der Waals surface area contributed by atoms with Gasteiger partial charge in [0, 0.05) is 24.7 Å². The summed E-state index contributed by atoms with van der Waals surface area (Å²) in [4.78, 5) is 17.9. The number of aliphatic hydroxyl groups is 1. The first-order valence-electron chi connectivity index (χ1n) is 7.74. The van der Waals surface area contributed by atoms with Crippen LogP contribution in [0.3, 0.4) is 0 Å². The molecule has 0 radical (unpaired) electrons. The molecule has 0 unspecified atom stereocenters. The molecule has 1 amide bonds. The molecule has 136 valence electrons. The number of aliphatic hydroxyl groups excluding tert-OH is 1. The van der Waals surface area contributed by atoms with Crippen molar-refractivity contribution in [3.05, 3.63) is 53.6 Å². The Morgan fingerprint density at radius 1 is 1.19 bits per heavy atom. The standard InChI is InChI=1S/C18H15F3N2O3/c1-23(8-9-24)17(25)12-4-7-15-14(10-12)22-16(26-15)11-2-5-13(6-3-11)18(19,20)21/h2-7,10,24H,8-9H2,1H3. The van der Waals surface area contributed by atoms with Gasteiger partial charge in [0.1, 0.15) is 5.52 Å². The Balaban J connectivity index is 1.91. The van der Waals surface area contributed by atoms with E-state index in [0.717, 1.165) is 12.1 Å². The molecule has 0 saturated heterocycles. The molecular formula is C18H15F3N2O3. The van der Waals surface area contributed by atoms with E-state index < -0.39 is 11.7 Å². The van der Waals surface area contributed by atoms with Crippen LogP contribution in [0, 0.1) is 0 Å². The predicted octanol–water partition coefficient (Wildman–Crippen LogP) is 3.58. The van der Waals surface area contributed by atoms with Crippen LogP contribution in [-0.4, -0.2) is 41.1 Å². The lowest BCUT2D eigenvalue weighted by Crippen LogP contribution is -2.29.